The lowest BCUT2D eigenvalue weighted by Crippen LogP contribution is -2.40. The van der Waals surface area contributed by atoms with Gasteiger partial charge in [-0.1, -0.05) is 0 Å². The van der Waals surface area contributed by atoms with Crippen molar-refractivity contribution in [2.75, 3.05) is 18.8 Å². The molecule has 1 N–H and O–H groups in total. The first-order valence-corrected chi connectivity index (χ1v) is 6.68. The molecule has 3 nitrogen and oxygen atoms in total. The van der Waals surface area contributed by atoms with Gasteiger partial charge in [-0.05, 0) is 38.1 Å². The van der Waals surface area contributed by atoms with E-state index >= 15 is 0 Å². The molecule has 13 heavy (non-hydrogen) atoms. The predicted octanol–water partition coefficient (Wildman–Crippen LogP) is 0.563. The summed E-state index contributed by atoms with van der Waals surface area (Å²) in [7, 11) is -2.77. The summed E-state index contributed by atoms with van der Waals surface area (Å²) < 4.78 is 23.2. The summed E-state index contributed by atoms with van der Waals surface area (Å²) in [6, 6.07) is 0. The van der Waals surface area contributed by atoms with Crippen LogP contribution in [-0.4, -0.2) is 32.5 Å². The third-order valence-electron chi connectivity index (χ3n) is 3.40. The minimum atomic E-state index is -2.77. The third-order valence-corrected chi connectivity index (χ3v) is 5.81. The summed E-state index contributed by atoms with van der Waals surface area (Å²) in [5.74, 6) is 0.411. The molecule has 2 aliphatic rings. The molecule has 0 aromatic rings. The van der Waals surface area contributed by atoms with E-state index < -0.39 is 9.84 Å². The second-order valence-electron chi connectivity index (χ2n) is 4.60. The Hall–Kier alpha value is -0.0900. The number of nitrogens with one attached hydrogen (secondary N) is 1. The van der Waals surface area contributed by atoms with Gasteiger partial charge in [-0.2, -0.15) is 0 Å². The normalized spacial score (nSPS) is 43.9. The van der Waals surface area contributed by atoms with E-state index in [1.807, 2.05) is 6.92 Å². The third kappa shape index (κ3) is 1.62. The molecule has 2 fully saturated rings. The van der Waals surface area contributed by atoms with E-state index in [0.717, 1.165) is 32.4 Å². The zero-order valence-electron chi connectivity index (χ0n) is 8.04. The van der Waals surface area contributed by atoms with Gasteiger partial charge in [0.05, 0.1) is 11.0 Å². The van der Waals surface area contributed by atoms with Gasteiger partial charge in [-0.15, -0.1) is 0 Å². The van der Waals surface area contributed by atoms with Crippen molar-refractivity contribution in [2.24, 2.45) is 5.41 Å². The van der Waals surface area contributed by atoms with Crippen molar-refractivity contribution in [1.29, 1.82) is 0 Å². The maximum absolute atomic E-state index is 11.6. The highest BCUT2D eigenvalue weighted by atomic mass is 32.2. The smallest absolute Gasteiger partial charge is 0.153 e. The highest BCUT2D eigenvalue weighted by molar-refractivity contribution is 7.92. The molecule has 2 rings (SSSR count). The van der Waals surface area contributed by atoms with Gasteiger partial charge in [0.2, 0.25) is 0 Å². The maximum atomic E-state index is 11.6. The molecule has 2 saturated heterocycles. The molecular formula is C9H17NO2S. The highest BCUT2D eigenvalue weighted by Gasteiger charge is 2.46. The Balaban J connectivity index is 2.19. The molecule has 0 radical (unpaired) electrons. The SMILES string of the molecule is CC1CC2(CCCNC2)CS1(=O)=O. The summed E-state index contributed by atoms with van der Waals surface area (Å²) >= 11 is 0. The van der Waals surface area contributed by atoms with Crippen LogP contribution >= 0.6 is 0 Å². The van der Waals surface area contributed by atoms with Crippen molar-refractivity contribution in [2.45, 2.75) is 31.4 Å². The second kappa shape index (κ2) is 2.95. The molecule has 2 aliphatic heterocycles. The van der Waals surface area contributed by atoms with Gasteiger partial charge in [0.1, 0.15) is 0 Å². The van der Waals surface area contributed by atoms with Gasteiger partial charge in [0.25, 0.3) is 0 Å². The number of hydrogen-bond donors (Lipinski definition) is 1. The summed E-state index contributed by atoms with van der Waals surface area (Å²) in [4.78, 5) is 0. The lowest BCUT2D eigenvalue weighted by molar-refractivity contribution is 0.237. The van der Waals surface area contributed by atoms with E-state index in [4.69, 9.17) is 0 Å². The van der Waals surface area contributed by atoms with Gasteiger partial charge in [-0.3, -0.25) is 0 Å². The zero-order valence-corrected chi connectivity index (χ0v) is 8.86. The van der Waals surface area contributed by atoms with E-state index in [1.165, 1.54) is 0 Å². The van der Waals surface area contributed by atoms with Crippen LogP contribution in [0.25, 0.3) is 0 Å². The molecule has 0 aromatic carbocycles. The van der Waals surface area contributed by atoms with Crippen molar-refractivity contribution in [3.05, 3.63) is 0 Å². The van der Waals surface area contributed by atoms with Gasteiger partial charge in [-0.25, -0.2) is 8.42 Å². The summed E-state index contributed by atoms with van der Waals surface area (Å²) in [6.07, 6.45) is 3.08. The molecule has 0 amide bonds. The quantitative estimate of drug-likeness (QED) is 0.626. The average molecular weight is 203 g/mol. The van der Waals surface area contributed by atoms with E-state index in [9.17, 15) is 8.42 Å². The molecule has 0 aliphatic carbocycles. The van der Waals surface area contributed by atoms with Crippen molar-refractivity contribution in [3.63, 3.8) is 0 Å². The minimum absolute atomic E-state index is 0.0799. The predicted molar refractivity (Wildman–Crippen MR) is 52.4 cm³/mol. The molecule has 0 aromatic heterocycles. The molecule has 2 atom stereocenters. The minimum Gasteiger partial charge on any atom is -0.316 e. The number of hydrogen-bond acceptors (Lipinski definition) is 3. The Morgan fingerprint density at radius 1 is 1.46 bits per heavy atom. The molecule has 0 saturated carbocycles. The second-order valence-corrected chi connectivity index (χ2v) is 7.02. The van der Waals surface area contributed by atoms with Crippen LogP contribution in [-0.2, 0) is 9.84 Å². The Bertz CT molecular complexity index is 291. The molecule has 0 bridgehead atoms. The van der Waals surface area contributed by atoms with Gasteiger partial charge in [0, 0.05) is 6.54 Å². The Morgan fingerprint density at radius 2 is 2.23 bits per heavy atom. The zero-order chi connectivity index (χ0) is 9.53. The first kappa shape index (κ1) is 9.46. The lowest BCUT2D eigenvalue weighted by atomic mass is 9.79. The van der Waals surface area contributed by atoms with Crippen LogP contribution in [0.4, 0.5) is 0 Å². The Morgan fingerprint density at radius 3 is 2.69 bits per heavy atom. The average Bonchev–Trinajstić information content (AvgIpc) is 2.23. The highest BCUT2D eigenvalue weighted by Crippen LogP contribution is 2.41. The van der Waals surface area contributed by atoms with Gasteiger partial charge >= 0.3 is 0 Å². The van der Waals surface area contributed by atoms with Crippen LogP contribution in [0.5, 0.6) is 0 Å². The fourth-order valence-corrected chi connectivity index (χ4v) is 4.80. The first-order valence-electron chi connectivity index (χ1n) is 4.96. The number of rotatable bonds is 0. The van der Waals surface area contributed by atoms with Crippen LogP contribution in [0.3, 0.4) is 0 Å². The number of piperidine rings is 1. The summed E-state index contributed by atoms with van der Waals surface area (Å²) in [5, 5.41) is 3.19. The van der Waals surface area contributed by atoms with Gasteiger partial charge in [0.15, 0.2) is 9.84 Å². The van der Waals surface area contributed by atoms with Crippen molar-refractivity contribution >= 4 is 9.84 Å². The van der Waals surface area contributed by atoms with E-state index in [-0.39, 0.29) is 10.7 Å². The Kier molecular flexibility index (Phi) is 2.15. The maximum Gasteiger partial charge on any atom is 0.153 e. The Labute approximate surface area is 79.8 Å². The van der Waals surface area contributed by atoms with Crippen molar-refractivity contribution in [3.8, 4) is 0 Å². The van der Waals surface area contributed by atoms with Crippen LogP contribution < -0.4 is 5.32 Å². The topological polar surface area (TPSA) is 46.2 Å². The van der Waals surface area contributed by atoms with Crippen LogP contribution in [0.2, 0.25) is 0 Å². The van der Waals surface area contributed by atoms with E-state index in [1.54, 1.807) is 0 Å². The van der Waals surface area contributed by atoms with Crippen LogP contribution in [0, 0.1) is 5.41 Å². The molecular weight excluding hydrogens is 186 g/mol. The summed E-state index contributed by atoms with van der Waals surface area (Å²) in [5.41, 5.74) is 0.0799. The molecule has 2 heterocycles. The van der Waals surface area contributed by atoms with Crippen LogP contribution in [0.1, 0.15) is 26.2 Å². The fraction of sp³-hybridized carbons (Fsp3) is 1.00. The molecule has 76 valence electrons. The van der Waals surface area contributed by atoms with Gasteiger partial charge < -0.3 is 5.32 Å². The fourth-order valence-electron chi connectivity index (χ4n) is 2.69. The standard InChI is InChI=1S/C9H17NO2S/c1-8-5-9(7-13(8,11)12)3-2-4-10-6-9/h8,10H,2-7H2,1H3. The first-order chi connectivity index (χ1) is 6.04. The van der Waals surface area contributed by atoms with Crippen molar-refractivity contribution in [1.82, 2.24) is 5.32 Å². The molecule has 2 unspecified atom stereocenters. The molecule has 1 spiro atoms. The van der Waals surface area contributed by atoms with E-state index in [0.29, 0.717) is 5.75 Å². The van der Waals surface area contributed by atoms with Crippen molar-refractivity contribution < 1.29 is 8.42 Å². The largest absolute Gasteiger partial charge is 0.316 e. The van der Waals surface area contributed by atoms with Crippen LogP contribution in [0.15, 0.2) is 0 Å². The number of sulfone groups is 1. The van der Waals surface area contributed by atoms with E-state index in [2.05, 4.69) is 5.32 Å². The molecule has 4 heteroatoms. The summed E-state index contributed by atoms with van der Waals surface area (Å²) in [6.45, 7) is 3.80. The monoisotopic (exact) mass is 203 g/mol. The lowest BCUT2D eigenvalue weighted by Gasteiger charge is -2.32.